The fraction of sp³-hybridized carbons (Fsp3) is 0.462. The molecule has 1 aromatic heterocycles. The lowest BCUT2D eigenvalue weighted by Crippen LogP contribution is -2.34. The van der Waals surface area contributed by atoms with Crippen LogP contribution in [0.1, 0.15) is 11.7 Å². The minimum Gasteiger partial charge on any atom is -0.469 e. The summed E-state index contributed by atoms with van der Waals surface area (Å²) in [7, 11) is 0. The molecule has 1 saturated carbocycles. The Labute approximate surface area is 119 Å². The molecule has 0 unspecified atom stereocenters. The lowest BCUT2D eigenvalue weighted by Gasteiger charge is -2.25. The normalized spacial score (nSPS) is 44.7. The number of ether oxygens (including phenoxy) is 1. The van der Waals surface area contributed by atoms with Gasteiger partial charge in [0, 0.05) is 5.75 Å². The summed E-state index contributed by atoms with van der Waals surface area (Å²) in [6, 6.07) is 8.00. The molecule has 4 rings (SSSR count). The summed E-state index contributed by atoms with van der Waals surface area (Å²) in [6.45, 7) is 0.497. The number of nitrogens with two attached hydrogens (primary N) is 1. The van der Waals surface area contributed by atoms with Gasteiger partial charge < -0.3 is 14.9 Å². The van der Waals surface area contributed by atoms with E-state index < -0.39 is 21.8 Å². The lowest BCUT2D eigenvalue weighted by molar-refractivity contribution is 0.0193. The van der Waals surface area contributed by atoms with Crippen LogP contribution in [0.5, 0.6) is 0 Å². The minimum absolute atomic E-state index is 0.178. The van der Waals surface area contributed by atoms with Crippen molar-refractivity contribution in [1.82, 2.24) is 0 Å². The smallest absolute Gasteiger partial charge is 0.230 e. The number of rotatable bonds is 1. The number of hydrogen-bond acceptors (Lipinski definition) is 7. The van der Waals surface area contributed by atoms with E-state index in [4.69, 9.17) is 14.9 Å². The first-order chi connectivity index (χ1) is 9.68. The zero-order chi connectivity index (χ0) is 14.0. The van der Waals surface area contributed by atoms with Crippen LogP contribution < -0.4 is 5.73 Å². The fourth-order valence-electron chi connectivity index (χ4n) is 3.60. The molecule has 7 heteroatoms. The Hall–Kier alpha value is -1.96. The summed E-state index contributed by atoms with van der Waals surface area (Å²) < 4.78 is 11.2. The molecule has 4 atom stereocenters. The fourth-order valence-corrected chi connectivity index (χ4v) is 4.93. The van der Waals surface area contributed by atoms with Crippen molar-refractivity contribution in [3.8, 4) is 12.1 Å². The third-order valence-corrected chi connectivity index (χ3v) is 5.73. The van der Waals surface area contributed by atoms with E-state index in [0.717, 1.165) is 5.75 Å². The number of furan rings is 1. The van der Waals surface area contributed by atoms with Crippen LogP contribution in [0.15, 0.2) is 27.8 Å². The predicted molar refractivity (Wildman–Crippen MR) is 70.3 cm³/mol. The average Bonchev–Trinajstić information content (AvgIpc) is 2.93. The van der Waals surface area contributed by atoms with Crippen molar-refractivity contribution in [2.75, 3.05) is 12.4 Å². The van der Waals surface area contributed by atoms with E-state index in [1.54, 1.807) is 12.1 Å². The van der Waals surface area contributed by atoms with Gasteiger partial charge in [-0.2, -0.15) is 10.5 Å². The first-order valence-corrected chi connectivity index (χ1v) is 7.17. The monoisotopic (exact) mass is 286 g/mol. The summed E-state index contributed by atoms with van der Waals surface area (Å²) in [4.78, 5) is 4.34. The minimum atomic E-state index is -1.14. The van der Waals surface area contributed by atoms with Gasteiger partial charge in [-0.25, -0.2) is 4.99 Å². The highest BCUT2D eigenvalue weighted by Gasteiger charge is 2.94. The van der Waals surface area contributed by atoms with Gasteiger partial charge in [-0.15, -0.1) is 0 Å². The Morgan fingerprint density at radius 2 is 2.30 bits per heavy atom. The molecule has 0 amide bonds. The Balaban J connectivity index is 1.96. The zero-order valence-electron chi connectivity index (χ0n) is 10.4. The highest BCUT2D eigenvalue weighted by molar-refractivity contribution is 8.00. The van der Waals surface area contributed by atoms with E-state index in [9.17, 15) is 10.5 Å². The van der Waals surface area contributed by atoms with Crippen molar-refractivity contribution in [1.29, 1.82) is 10.5 Å². The second-order valence-electron chi connectivity index (χ2n) is 5.06. The van der Waals surface area contributed by atoms with E-state index in [1.165, 1.54) is 18.0 Å². The molecular formula is C13H10N4O2S. The molecule has 3 aliphatic rings. The van der Waals surface area contributed by atoms with Gasteiger partial charge in [0.1, 0.15) is 11.6 Å². The number of thioether (sulfide) groups is 1. The molecule has 1 aliphatic carbocycles. The Bertz CT molecular complexity index is 695. The van der Waals surface area contributed by atoms with Crippen molar-refractivity contribution >= 4 is 17.6 Å². The molecule has 1 spiro atoms. The molecule has 0 bridgehead atoms. The van der Waals surface area contributed by atoms with Crippen LogP contribution in [-0.4, -0.2) is 23.3 Å². The van der Waals surface area contributed by atoms with Gasteiger partial charge >= 0.3 is 0 Å². The van der Waals surface area contributed by atoms with Gasteiger partial charge in [0.25, 0.3) is 0 Å². The third-order valence-electron chi connectivity index (χ3n) is 4.43. The second kappa shape index (κ2) is 3.38. The summed E-state index contributed by atoms with van der Waals surface area (Å²) in [5, 5.41) is 18.4. The van der Waals surface area contributed by atoms with E-state index in [0.29, 0.717) is 12.4 Å². The summed E-state index contributed by atoms with van der Waals surface area (Å²) in [6.07, 6.45) is 1.53. The Morgan fingerprint density at radius 1 is 1.45 bits per heavy atom. The van der Waals surface area contributed by atoms with E-state index in [2.05, 4.69) is 17.1 Å². The molecule has 3 heterocycles. The Morgan fingerprint density at radius 3 is 2.85 bits per heavy atom. The summed E-state index contributed by atoms with van der Waals surface area (Å²) in [5.74, 6) is 1.06. The number of nitriles is 2. The number of nitrogens with zero attached hydrogens (tertiary/aromatic N) is 3. The van der Waals surface area contributed by atoms with E-state index >= 15 is 0 Å². The van der Waals surface area contributed by atoms with Crippen molar-refractivity contribution in [3.05, 3.63) is 24.2 Å². The largest absolute Gasteiger partial charge is 0.469 e. The van der Waals surface area contributed by atoms with Crippen LogP contribution in [0.3, 0.4) is 0 Å². The molecule has 1 aromatic rings. The first kappa shape index (κ1) is 11.8. The van der Waals surface area contributed by atoms with Gasteiger partial charge in [-0.3, -0.25) is 0 Å². The SMILES string of the molecule is N#C[C@@]12[C@@H](c3ccco3)[C@]1(C#N)C(N)=N[C@@]21OCCS1. The molecule has 20 heavy (non-hydrogen) atoms. The van der Waals surface area contributed by atoms with Crippen molar-refractivity contribution < 1.29 is 9.15 Å². The molecule has 0 aromatic carbocycles. The van der Waals surface area contributed by atoms with Crippen LogP contribution in [0, 0.1) is 33.5 Å². The maximum Gasteiger partial charge on any atom is 0.230 e. The van der Waals surface area contributed by atoms with Crippen molar-refractivity contribution in [2.45, 2.75) is 11.0 Å². The predicted octanol–water partition coefficient (Wildman–Crippen LogP) is 1.18. The number of hydrogen-bond donors (Lipinski definition) is 1. The number of amidine groups is 1. The molecule has 2 N–H and O–H groups in total. The van der Waals surface area contributed by atoms with Gasteiger partial charge in [0.05, 0.1) is 30.9 Å². The van der Waals surface area contributed by atoms with E-state index in [-0.39, 0.29) is 5.84 Å². The maximum absolute atomic E-state index is 9.81. The maximum atomic E-state index is 9.81. The average molecular weight is 286 g/mol. The lowest BCUT2D eigenvalue weighted by atomic mass is 9.95. The number of fused-ring (bicyclic) bond motifs is 2. The highest BCUT2D eigenvalue weighted by Crippen LogP contribution is 2.84. The van der Waals surface area contributed by atoms with Crippen LogP contribution in [0.4, 0.5) is 0 Å². The van der Waals surface area contributed by atoms with Crippen LogP contribution in [0.25, 0.3) is 0 Å². The molecule has 1 saturated heterocycles. The quantitative estimate of drug-likeness (QED) is 0.830. The molecule has 2 aliphatic heterocycles. The Kier molecular flexibility index (Phi) is 2.00. The standard InChI is InChI=1S/C13H10N4O2S/c14-6-11-9(8-2-1-3-18-8)12(11,7-15)13(17-10(11)16)19-4-5-20-13/h1-3,9H,4-5H2,(H2,16,17)/t9-,11+,12+,13+/m0/s1. The van der Waals surface area contributed by atoms with Gasteiger partial charge in [-0.05, 0) is 12.1 Å². The van der Waals surface area contributed by atoms with Crippen molar-refractivity contribution in [2.24, 2.45) is 21.6 Å². The highest BCUT2D eigenvalue weighted by atomic mass is 32.2. The number of aliphatic imine (C=N–C) groups is 1. The molecule has 0 radical (unpaired) electrons. The molecular weight excluding hydrogens is 276 g/mol. The van der Waals surface area contributed by atoms with Crippen LogP contribution in [-0.2, 0) is 4.74 Å². The van der Waals surface area contributed by atoms with Gasteiger partial charge in [-0.1, -0.05) is 11.8 Å². The van der Waals surface area contributed by atoms with E-state index in [1.807, 2.05) is 0 Å². The third kappa shape index (κ3) is 0.913. The topological polar surface area (TPSA) is 108 Å². The van der Waals surface area contributed by atoms with Crippen LogP contribution >= 0.6 is 11.8 Å². The summed E-state index contributed by atoms with van der Waals surface area (Å²) >= 11 is 1.44. The van der Waals surface area contributed by atoms with Crippen molar-refractivity contribution in [3.63, 3.8) is 0 Å². The second-order valence-corrected chi connectivity index (χ2v) is 6.31. The zero-order valence-corrected chi connectivity index (χ0v) is 11.2. The first-order valence-electron chi connectivity index (χ1n) is 6.18. The summed E-state index contributed by atoms with van der Waals surface area (Å²) in [5.41, 5.74) is 3.78. The van der Waals surface area contributed by atoms with Crippen LogP contribution in [0.2, 0.25) is 0 Å². The molecule has 6 nitrogen and oxygen atoms in total. The van der Waals surface area contributed by atoms with Gasteiger partial charge in [0.15, 0.2) is 10.8 Å². The molecule has 2 fully saturated rings. The molecule has 100 valence electrons. The van der Waals surface area contributed by atoms with Gasteiger partial charge in [0.2, 0.25) is 5.06 Å².